The predicted octanol–water partition coefficient (Wildman–Crippen LogP) is 8.13. The highest BCUT2D eigenvalue weighted by molar-refractivity contribution is 4.94. The smallest absolute Gasteiger partial charge is 0.187 e. The summed E-state index contributed by atoms with van der Waals surface area (Å²) in [6, 6.07) is 0. The molecule has 0 aromatic heterocycles. The van der Waals surface area contributed by atoms with E-state index < -0.39 is 74.6 Å². The topological polar surface area (TPSA) is 179 Å². The van der Waals surface area contributed by atoms with Crippen molar-refractivity contribution >= 4 is 0 Å². The molecule has 11 atom stereocenters. The summed E-state index contributed by atoms with van der Waals surface area (Å²) >= 11 is 0. The molecular formula is C46H90O11. The van der Waals surface area contributed by atoms with Crippen LogP contribution < -0.4 is 0 Å². The van der Waals surface area contributed by atoms with Crippen molar-refractivity contribution in [3.05, 3.63) is 0 Å². The van der Waals surface area contributed by atoms with E-state index in [9.17, 15) is 35.7 Å². The molecule has 0 radical (unpaired) electrons. The molecule has 2 aliphatic rings. The molecule has 2 aliphatic heterocycles. The summed E-state index contributed by atoms with van der Waals surface area (Å²) in [5.41, 5.74) is 0. The van der Waals surface area contributed by atoms with Crippen molar-refractivity contribution in [2.24, 2.45) is 0 Å². The van der Waals surface area contributed by atoms with E-state index in [4.69, 9.17) is 18.9 Å². The van der Waals surface area contributed by atoms with Crippen LogP contribution in [0.25, 0.3) is 0 Å². The van der Waals surface area contributed by atoms with E-state index in [1.165, 1.54) is 161 Å². The largest absolute Gasteiger partial charge is 0.394 e. The molecule has 7 N–H and O–H groups in total. The van der Waals surface area contributed by atoms with Crippen LogP contribution in [0.3, 0.4) is 0 Å². The van der Waals surface area contributed by atoms with E-state index in [1.807, 2.05) is 0 Å². The molecule has 0 saturated carbocycles. The van der Waals surface area contributed by atoms with E-state index in [1.54, 1.807) is 0 Å². The standard InChI is InChI=1S/C46H90O11/c1-3-5-7-9-11-13-15-17-19-21-23-25-27-29-31-33-36(32-30-28-26-24-22-20-18-16-14-12-10-8-6-4-2)54-45-43(53)41(51)44(38(35-48)56-45)57-46-42(52)40(50)39(49)37(34-47)55-46/h36-53H,3-35H2,1-2H3/t36?,37?,38?,39-,40?,41?,42?,43?,44+,45-,46-/m1/s1. The number of aliphatic hydroxyl groups is 7. The molecule has 0 bridgehead atoms. The van der Waals surface area contributed by atoms with Crippen molar-refractivity contribution in [1.82, 2.24) is 0 Å². The van der Waals surface area contributed by atoms with Crippen molar-refractivity contribution in [2.75, 3.05) is 13.2 Å². The van der Waals surface area contributed by atoms with Gasteiger partial charge in [-0.15, -0.1) is 0 Å². The third-order valence-corrected chi connectivity index (χ3v) is 12.3. The third kappa shape index (κ3) is 22.3. The van der Waals surface area contributed by atoms with Gasteiger partial charge in [0.2, 0.25) is 0 Å². The highest BCUT2D eigenvalue weighted by Crippen LogP contribution is 2.31. The summed E-state index contributed by atoms with van der Waals surface area (Å²) in [5, 5.41) is 72.9. The summed E-state index contributed by atoms with van der Waals surface area (Å²) in [5.74, 6) is 0. The molecule has 0 aromatic rings. The van der Waals surface area contributed by atoms with Crippen LogP contribution in [0.5, 0.6) is 0 Å². The van der Waals surface area contributed by atoms with Gasteiger partial charge in [0.1, 0.15) is 48.8 Å². The average Bonchev–Trinajstić information content (AvgIpc) is 3.21. The van der Waals surface area contributed by atoms with Crippen molar-refractivity contribution in [1.29, 1.82) is 0 Å². The molecule has 340 valence electrons. The van der Waals surface area contributed by atoms with Gasteiger partial charge in [-0.25, -0.2) is 0 Å². The van der Waals surface area contributed by atoms with Gasteiger partial charge in [0.25, 0.3) is 0 Å². The maximum absolute atomic E-state index is 11.2. The molecule has 2 rings (SSSR count). The molecule has 2 saturated heterocycles. The van der Waals surface area contributed by atoms with E-state index >= 15 is 0 Å². The molecule has 57 heavy (non-hydrogen) atoms. The highest BCUT2D eigenvalue weighted by Gasteiger charge is 2.51. The average molecular weight is 819 g/mol. The zero-order valence-corrected chi connectivity index (χ0v) is 36.4. The fraction of sp³-hybridized carbons (Fsp3) is 1.00. The first-order valence-corrected chi connectivity index (χ1v) is 24.0. The highest BCUT2D eigenvalue weighted by atomic mass is 16.7. The molecule has 11 nitrogen and oxygen atoms in total. The fourth-order valence-corrected chi connectivity index (χ4v) is 8.45. The van der Waals surface area contributed by atoms with Crippen LogP contribution in [0.1, 0.15) is 213 Å². The van der Waals surface area contributed by atoms with Crippen LogP contribution >= 0.6 is 0 Å². The van der Waals surface area contributed by atoms with Crippen LogP contribution in [-0.2, 0) is 18.9 Å². The maximum Gasteiger partial charge on any atom is 0.187 e. The van der Waals surface area contributed by atoms with Gasteiger partial charge in [-0.3, -0.25) is 0 Å². The molecule has 2 fully saturated rings. The van der Waals surface area contributed by atoms with Gasteiger partial charge < -0.3 is 54.7 Å². The second-order valence-electron chi connectivity index (χ2n) is 17.4. The van der Waals surface area contributed by atoms with Crippen molar-refractivity contribution in [2.45, 2.75) is 280 Å². The summed E-state index contributed by atoms with van der Waals surface area (Å²) in [6.07, 6.45) is 24.4. The molecular weight excluding hydrogens is 728 g/mol. The van der Waals surface area contributed by atoms with Crippen LogP contribution in [0, 0.1) is 0 Å². The Morgan fingerprint density at radius 2 is 0.719 bits per heavy atom. The lowest BCUT2D eigenvalue weighted by atomic mass is 9.96. The Kier molecular flexibility index (Phi) is 31.6. The number of hydrogen-bond acceptors (Lipinski definition) is 11. The van der Waals surface area contributed by atoms with Gasteiger partial charge in [0.15, 0.2) is 12.6 Å². The number of rotatable bonds is 37. The third-order valence-electron chi connectivity index (χ3n) is 12.3. The molecule has 0 aromatic carbocycles. The monoisotopic (exact) mass is 819 g/mol. The van der Waals surface area contributed by atoms with Crippen LogP contribution in [-0.4, -0.2) is 116 Å². The van der Waals surface area contributed by atoms with Crippen molar-refractivity contribution in [3.63, 3.8) is 0 Å². The molecule has 7 unspecified atom stereocenters. The Morgan fingerprint density at radius 1 is 0.386 bits per heavy atom. The minimum absolute atomic E-state index is 0.182. The lowest BCUT2D eigenvalue weighted by Crippen LogP contribution is -2.64. The summed E-state index contributed by atoms with van der Waals surface area (Å²) < 4.78 is 23.6. The van der Waals surface area contributed by atoms with Crippen LogP contribution in [0.15, 0.2) is 0 Å². The number of hydrogen-bond donors (Lipinski definition) is 7. The first kappa shape index (κ1) is 52.7. The van der Waals surface area contributed by atoms with E-state index in [2.05, 4.69) is 13.8 Å². The normalized spacial score (nSPS) is 28.6. The maximum atomic E-state index is 11.2. The zero-order valence-electron chi connectivity index (χ0n) is 36.4. The Hall–Kier alpha value is -0.440. The summed E-state index contributed by atoms with van der Waals surface area (Å²) in [4.78, 5) is 0. The van der Waals surface area contributed by atoms with Crippen molar-refractivity contribution in [3.8, 4) is 0 Å². The van der Waals surface area contributed by atoms with E-state index in [0.29, 0.717) is 0 Å². The lowest BCUT2D eigenvalue weighted by Gasteiger charge is -2.46. The van der Waals surface area contributed by atoms with Gasteiger partial charge in [-0.1, -0.05) is 200 Å². The molecule has 0 aliphatic carbocycles. The SMILES string of the molecule is CCCCCCCCCCCCCCCCCC(CCCCCCCCCCCCCCCC)O[C@@H]1OC(CO)[C@H](O[C@H]2OC(CO)[C@@H](O)C(O)C2O)C(O)C1O. The quantitative estimate of drug-likeness (QED) is 0.0301. The van der Waals surface area contributed by atoms with Crippen LogP contribution in [0.4, 0.5) is 0 Å². The van der Waals surface area contributed by atoms with Gasteiger partial charge in [0.05, 0.1) is 19.3 Å². The number of ether oxygens (including phenoxy) is 4. The van der Waals surface area contributed by atoms with Gasteiger partial charge in [0, 0.05) is 0 Å². The molecule has 11 heteroatoms. The van der Waals surface area contributed by atoms with E-state index in [0.717, 1.165) is 38.5 Å². The second-order valence-corrected chi connectivity index (χ2v) is 17.4. The zero-order chi connectivity index (χ0) is 41.5. The minimum Gasteiger partial charge on any atom is -0.394 e. The molecule has 0 spiro atoms. The summed E-state index contributed by atoms with van der Waals surface area (Å²) in [7, 11) is 0. The number of aliphatic hydroxyl groups excluding tert-OH is 7. The van der Waals surface area contributed by atoms with Crippen LogP contribution in [0.2, 0.25) is 0 Å². The minimum atomic E-state index is -1.70. The van der Waals surface area contributed by atoms with E-state index in [-0.39, 0.29) is 6.10 Å². The summed E-state index contributed by atoms with van der Waals surface area (Å²) in [6.45, 7) is 3.31. The second kappa shape index (κ2) is 34.2. The Labute approximate surface area is 347 Å². The lowest BCUT2D eigenvalue weighted by molar-refractivity contribution is -0.363. The Bertz CT molecular complexity index is 894. The number of unbranched alkanes of at least 4 members (excludes halogenated alkanes) is 27. The molecule has 0 amide bonds. The predicted molar refractivity (Wildman–Crippen MR) is 226 cm³/mol. The first-order chi connectivity index (χ1) is 27.8. The molecule has 2 heterocycles. The Morgan fingerprint density at radius 3 is 1.09 bits per heavy atom. The van der Waals surface area contributed by atoms with Gasteiger partial charge in [-0.05, 0) is 12.8 Å². The van der Waals surface area contributed by atoms with Gasteiger partial charge in [-0.2, -0.15) is 0 Å². The van der Waals surface area contributed by atoms with Crippen molar-refractivity contribution < 1.29 is 54.7 Å². The first-order valence-electron chi connectivity index (χ1n) is 24.0. The van der Waals surface area contributed by atoms with Gasteiger partial charge >= 0.3 is 0 Å². The Balaban J connectivity index is 1.79. The fourth-order valence-electron chi connectivity index (χ4n) is 8.45.